The molecule has 2 aliphatic carbocycles. The Morgan fingerprint density at radius 3 is 2.48 bits per heavy atom. The summed E-state index contributed by atoms with van der Waals surface area (Å²) >= 11 is 0. The van der Waals surface area contributed by atoms with Crippen LogP contribution in [0.15, 0.2) is 30.3 Å². The van der Waals surface area contributed by atoms with Crippen molar-refractivity contribution in [2.45, 2.75) is 63.1 Å². The van der Waals surface area contributed by atoms with Gasteiger partial charge in [0.25, 0.3) is 5.91 Å². The summed E-state index contributed by atoms with van der Waals surface area (Å²) in [6.45, 7) is 0.475. The van der Waals surface area contributed by atoms with E-state index in [1.165, 1.54) is 6.42 Å². The molecular weight excluding hydrogens is 362 g/mol. The van der Waals surface area contributed by atoms with Crippen molar-refractivity contribution in [2.75, 3.05) is 6.54 Å². The van der Waals surface area contributed by atoms with Gasteiger partial charge < -0.3 is 16.0 Å². The van der Waals surface area contributed by atoms with Crippen LogP contribution in [0, 0.1) is 11.8 Å². The summed E-state index contributed by atoms with van der Waals surface area (Å²) in [4.78, 5) is 28.2. The van der Waals surface area contributed by atoms with Crippen molar-refractivity contribution in [1.82, 2.24) is 10.2 Å². The Morgan fingerprint density at radius 1 is 1.11 bits per heavy atom. The molecule has 27 heavy (non-hydrogen) atoms. The summed E-state index contributed by atoms with van der Waals surface area (Å²) in [5.41, 5.74) is 6.54. The molecule has 1 aromatic rings. The average Bonchev–Trinajstić information content (AvgIpc) is 3.45. The first-order valence-electron chi connectivity index (χ1n) is 10.1. The Morgan fingerprint density at radius 2 is 1.81 bits per heavy atom. The molecule has 3 N–H and O–H groups in total. The van der Waals surface area contributed by atoms with E-state index in [4.69, 9.17) is 5.73 Å². The monoisotopic (exact) mass is 391 g/mol. The Kier molecular flexibility index (Phi) is 6.43. The highest BCUT2D eigenvalue weighted by atomic mass is 35.5. The van der Waals surface area contributed by atoms with Crippen LogP contribution in [0.1, 0.15) is 55.3 Å². The maximum absolute atomic E-state index is 13.2. The van der Waals surface area contributed by atoms with Gasteiger partial charge in [0.2, 0.25) is 5.91 Å². The van der Waals surface area contributed by atoms with Gasteiger partial charge in [-0.1, -0.05) is 31.0 Å². The first-order chi connectivity index (χ1) is 12.7. The van der Waals surface area contributed by atoms with Crippen molar-refractivity contribution in [3.8, 4) is 0 Å². The predicted octanol–water partition coefficient (Wildman–Crippen LogP) is 2.74. The molecule has 3 fully saturated rings. The molecule has 5 nitrogen and oxygen atoms in total. The van der Waals surface area contributed by atoms with Crippen molar-refractivity contribution >= 4 is 24.2 Å². The smallest absolute Gasteiger partial charge is 0.254 e. The van der Waals surface area contributed by atoms with Crippen LogP contribution in [0.2, 0.25) is 0 Å². The quantitative estimate of drug-likeness (QED) is 0.810. The number of hydrogen-bond donors (Lipinski definition) is 2. The molecule has 1 aromatic carbocycles. The number of amides is 2. The number of halogens is 1. The zero-order valence-corrected chi connectivity index (χ0v) is 16.5. The number of fused-ring (bicyclic) bond motifs is 1. The number of carbonyl (C=O) groups excluding carboxylic acids is 2. The molecule has 148 valence electrons. The van der Waals surface area contributed by atoms with E-state index >= 15 is 0 Å². The van der Waals surface area contributed by atoms with Gasteiger partial charge >= 0.3 is 0 Å². The van der Waals surface area contributed by atoms with Crippen LogP contribution < -0.4 is 11.1 Å². The summed E-state index contributed by atoms with van der Waals surface area (Å²) < 4.78 is 0. The molecular formula is C21H30ClN3O2. The van der Waals surface area contributed by atoms with E-state index in [1.54, 1.807) is 0 Å². The third-order valence-electron chi connectivity index (χ3n) is 6.42. The molecule has 4 unspecified atom stereocenters. The van der Waals surface area contributed by atoms with Gasteiger partial charge in [-0.05, 0) is 56.1 Å². The van der Waals surface area contributed by atoms with Crippen LogP contribution in [-0.4, -0.2) is 41.4 Å². The summed E-state index contributed by atoms with van der Waals surface area (Å²) in [6.07, 6.45) is 7.55. The summed E-state index contributed by atoms with van der Waals surface area (Å²) in [5.74, 6) is 0.956. The number of hydrogen-bond acceptors (Lipinski definition) is 3. The van der Waals surface area contributed by atoms with Gasteiger partial charge in [-0.3, -0.25) is 9.59 Å². The van der Waals surface area contributed by atoms with E-state index < -0.39 is 0 Å². The van der Waals surface area contributed by atoms with Gasteiger partial charge in [0.05, 0.1) is 0 Å². The van der Waals surface area contributed by atoms with Crippen molar-refractivity contribution in [1.29, 1.82) is 0 Å². The maximum atomic E-state index is 13.2. The summed E-state index contributed by atoms with van der Waals surface area (Å²) in [5, 5.41) is 3.16. The fourth-order valence-corrected chi connectivity index (χ4v) is 4.86. The van der Waals surface area contributed by atoms with Gasteiger partial charge in [-0.25, -0.2) is 0 Å². The van der Waals surface area contributed by atoms with Gasteiger partial charge in [0.1, 0.15) is 6.04 Å². The SMILES string of the molecule is Cl.NCC(NC(=O)C1CC2CCCCC2N1C(=O)c1ccccc1)C1CC1. The van der Waals surface area contributed by atoms with Gasteiger partial charge in [-0.15, -0.1) is 12.4 Å². The molecule has 4 rings (SSSR count). The van der Waals surface area contributed by atoms with E-state index in [1.807, 2.05) is 35.2 Å². The second-order valence-electron chi connectivity index (χ2n) is 8.13. The number of nitrogens with zero attached hydrogens (tertiary/aromatic N) is 1. The highest BCUT2D eigenvalue weighted by molar-refractivity contribution is 5.98. The largest absolute Gasteiger partial charge is 0.350 e. The zero-order chi connectivity index (χ0) is 18.1. The van der Waals surface area contributed by atoms with Crippen molar-refractivity contribution in [3.05, 3.63) is 35.9 Å². The van der Waals surface area contributed by atoms with Crippen LogP contribution >= 0.6 is 12.4 Å². The minimum atomic E-state index is -0.358. The number of nitrogens with two attached hydrogens (primary N) is 1. The lowest BCUT2D eigenvalue weighted by Crippen LogP contribution is -2.53. The minimum Gasteiger partial charge on any atom is -0.350 e. The van der Waals surface area contributed by atoms with Gasteiger partial charge in [0.15, 0.2) is 0 Å². The van der Waals surface area contributed by atoms with Crippen LogP contribution in [0.5, 0.6) is 0 Å². The standard InChI is InChI=1S/C21H29N3O2.ClH/c22-13-17(14-10-11-14)23-20(25)19-12-16-8-4-5-9-18(16)24(19)21(26)15-6-2-1-3-7-15;/h1-3,6-7,14,16-19H,4-5,8-13,22H2,(H,23,25);1H. The Hall–Kier alpha value is -1.59. The molecule has 2 amide bonds. The Balaban J connectivity index is 0.00000210. The average molecular weight is 392 g/mol. The predicted molar refractivity (Wildman–Crippen MR) is 108 cm³/mol. The Labute approximate surface area is 167 Å². The number of likely N-dealkylation sites (tertiary alicyclic amines) is 1. The van der Waals surface area contributed by atoms with E-state index in [2.05, 4.69) is 5.32 Å². The number of carbonyl (C=O) groups is 2. The third-order valence-corrected chi connectivity index (χ3v) is 6.42. The topological polar surface area (TPSA) is 75.4 Å². The fourth-order valence-electron chi connectivity index (χ4n) is 4.86. The third kappa shape index (κ3) is 4.14. The molecule has 0 bridgehead atoms. The second-order valence-corrected chi connectivity index (χ2v) is 8.13. The maximum Gasteiger partial charge on any atom is 0.254 e. The first-order valence-corrected chi connectivity index (χ1v) is 10.1. The van der Waals surface area contributed by atoms with E-state index in [0.717, 1.165) is 38.5 Å². The van der Waals surface area contributed by atoms with Gasteiger partial charge in [0, 0.05) is 24.2 Å². The summed E-state index contributed by atoms with van der Waals surface area (Å²) in [6, 6.07) is 9.27. The van der Waals surface area contributed by atoms with Crippen LogP contribution in [0.4, 0.5) is 0 Å². The molecule has 1 saturated heterocycles. The minimum absolute atomic E-state index is 0. The number of rotatable bonds is 5. The van der Waals surface area contributed by atoms with Crippen LogP contribution in [0.3, 0.4) is 0 Å². The zero-order valence-electron chi connectivity index (χ0n) is 15.7. The molecule has 1 aliphatic heterocycles. The molecule has 1 heterocycles. The molecule has 0 aromatic heterocycles. The summed E-state index contributed by atoms with van der Waals surface area (Å²) in [7, 11) is 0. The molecule has 6 heteroatoms. The lowest BCUT2D eigenvalue weighted by atomic mass is 9.84. The van der Waals surface area contributed by atoms with E-state index in [0.29, 0.717) is 23.9 Å². The van der Waals surface area contributed by atoms with E-state index in [9.17, 15) is 9.59 Å². The van der Waals surface area contributed by atoms with Crippen LogP contribution in [0.25, 0.3) is 0 Å². The fraction of sp³-hybridized carbons (Fsp3) is 0.619. The second kappa shape index (κ2) is 8.61. The van der Waals surface area contributed by atoms with Crippen molar-refractivity contribution < 1.29 is 9.59 Å². The molecule has 0 spiro atoms. The Bertz CT molecular complexity index is 665. The number of benzene rings is 1. The molecule has 2 saturated carbocycles. The normalized spacial score (nSPS) is 28.0. The lowest BCUT2D eigenvalue weighted by molar-refractivity contribution is -0.126. The molecule has 0 radical (unpaired) electrons. The number of nitrogens with one attached hydrogen (secondary N) is 1. The highest BCUT2D eigenvalue weighted by Gasteiger charge is 2.48. The van der Waals surface area contributed by atoms with Crippen molar-refractivity contribution in [2.24, 2.45) is 17.6 Å². The lowest BCUT2D eigenvalue weighted by Gasteiger charge is -2.34. The molecule has 4 atom stereocenters. The van der Waals surface area contributed by atoms with E-state index in [-0.39, 0.29) is 42.3 Å². The van der Waals surface area contributed by atoms with Crippen molar-refractivity contribution in [3.63, 3.8) is 0 Å². The highest BCUT2D eigenvalue weighted by Crippen LogP contribution is 2.41. The van der Waals surface area contributed by atoms with Crippen LogP contribution in [-0.2, 0) is 4.79 Å². The molecule has 3 aliphatic rings. The first kappa shape index (κ1) is 20.2. The van der Waals surface area contributed by atoms with Gasteiger partial charge in [-0.2, -0.15) is 0 Å².